The molecule has 20 heavy (non-hydrogen) atoms. The molecular weight excluding hydrogens is 321 g/mol. The topological polar surface area (TPSA) is 21.3 Å². The molecule has 4 heteroatoms. The van der Waals surface area contributed by atoms with Crippen LogP contribution in [0.15, 0.2) is 46.9 Å². The molecule has 0 heterocycles. The van der Waals surface area contributed by atoms with Gasteiger partial charge in [0.2, 0.25) is 0 Å². The van der Waals surface area contributed by atoms with Crippen molar-refractivity contribution in [3.8, 4) is 11.5 Å². The van der Waals surface area contributed by atoms with Gasteiger partial charge in [-0.3, -0.25) is 0 Å². The van der Waals surface area contributed by atoms with E-state index in [1.807, 2.05) is 18.2 Å². The van der Waals surface area contributed by atoms with Gasteiger partial charge in [0.05, 0.1) is 0 Å². The molecule has 0 aromatic heterocycles. The van der Waals surface area contributed by atoms with Crippen LogP contribution < -0.4 is 10.1 Å². The van der Waals surface area contributed by atoms with Gasteiger partial charge in [0, 0.05) is 11.0 Å². The van der Waals surface area contributed by atoms with E-state index in [0.717, 1.165) is 23.0 Å². The summed E-state index contributed by atoms with van der Waals surface area (Å²) in [6.07, 6.45) is 1.06. The molecule has 0 fully saturated rings. The third-order valence-electron chi connectivity index (χ3n) is 2.78. The van der Waals surface area contributed by atoms with Gasteiger partial charge in [0.1, 0.15) is 5.75 Å². The average molecular weight is 338 g/mol. The summed E-state index contributed by atoms with van der Waals surface area (Å²) in [5, 5.41) is 3.24. The smallest absolute Gasteiger partial charge is 0.166 e. The molecule has 0 saturated carbocycles. The molecule has 0 unspecified atom stereocenters. The largest absolute Gasteiger partial charge is 0.454 e. The highest BCUT2D eigenvalue weighted by molar-refractivity contribution is 9.10. The van der Waals surface area contributed by atoms with Gasteiger partial charge in [-0.25, -0.2) is 4.39 Å². The highest BCUT2D eigenvalue weighted by atomic mass is 79.9. The Kier molecular flexibility index (Phi) is 5.56. The summed E-state index contributed by atoms with van der Waals surface area (Å²) in [6.45, 7) is 3.70. The molecule has 0 aliphatic carbocycles. The van der Waals surface area contributed by atoms with E-state index in [4.69, 9.17) is 4.74 Å². The molecule has 0 radical (unpaired) electrons. The first-order valence-electron chi connectivity index (χ1n) is 6.61. The molecule has 0 saturated heterocycles. The number of ether oxygens (including phenoxy) is 1. The van der Waals surface area contributed by atoms with Crippen LogP contribution in [0.4, 0.5) is 4.39 Å². The molecule has 2 aromatic rings. The van der Waals surface area contributed by atoms with Crippen molar-refractivity contribution in [2.75, 3.05) is 6.54 Å². The lowest BCUT2D eigenvalue weighted by Crippen LogP contribution is -2.13. The van der Waals surface area contributed by atoms with E-state index in [2.05, 4.69) is 28.2 Å². The van der Waals surface area contributed by atoms with Crippen LogP contribution in [0.2, 0.25) is 0 Å². The van der Waals surface area contributed by atoms with Crippen molar-refractivity contribution in [2.45, 2.75) is 19.9 Å². The van der Waals surface area contributed by atoms with Crippen molar-refractivity contribution in [3.05, 3.63) is 58.3 Å². The Balaban J connectivity index is 2.06. The summed E-state index contributed by atoms with van der Waals surface area (Å²) in [5.41, 5.74) is 0.914. The molecule has 0 bridgehead atoms. The second-order valence-corrected chi connectivity index (χ2v) is 5.42. The maximum Gasteiger partial charge on any atom is 0.166 e. The monoisotopic (exact) mass is 337 g/mol. The first-order valence-corrected chi connectivity index (χ1v) is 7.41. The average Bonchev–Trinajstić information content (AvgIpc) is 2.42. The fourth-order valence-electron chi connectivity index (χ4n) is 1.80. The lowest BCUT2D eigenvalue weighted by atomic mass is 10.2. The summed E-state index contributed by atoms with van der Waals surface area (Å²) in [4.78, 5) is 0. The van der Waals surface area contributed by atoms with Crippen LogP contribution in [0.1, 0.15) is 18.9 Å². The summed E-state index contributed by atoms with van der Waals surface area (Å²) in [5.74, 6) is 0.498. The molecule has 0 atom stereocenters. The number of benzene rings is 2. The Morgan fingerprint density at radius 3 is 2.75 bits per heavy atom. The minimum Gasteiger partial charge on any atom is -0.454 e. The third-order valence-corrected chi connectivity index (χ3v) is 3.27. The quantitative estimate of drug-likeness (QED) is 0.758. The van der Waals surface area contributed by atoms with Gasteiger partial charge in [-0.1, -0.05) is 35.0 Å². The van der Waals surface area contributed by atoms with Gasteiger partial charge in [0.25, 0.3) is 0 Å². The van der Waals surface area contributed by atoms with Gasteiger partial charge in [-0.15, -0.1) is 0 Å². The molecular formula is C16H17BrFNO. The summed E-state index contributed by atoms with van der Waals surface area (Å²) >= 11 is 3.36. The predicted octanol–water partition coefficient (Wildman–Crippen LogP) is 4.88. The molecule has 2 nitrogen and oxygen atoms in total. The Morgan fingerprint density at radius 2 is 2.05 bits per heavy atom. The lowest BCUT2D eigenvalue weighted by Gasteiger charge is -2.09. The summed E-state index contributed by atoms with van der Waals surface area (Å²) < 4.78 is 20.4. The van der Waals surface area contributed by atoms with Crippen LogP contribution in [0.3, 0.4) is 0 Å². The molecule has 2 aromatic carbocycles. The molecule has 1 N–H and O–H groups in total. The van der Waals surface area contributed by atoms with Gasteiger partial charge >= 0.3 is 0 Å². The number of halogens is 2. The molecule has 2 rings (SSSR count). The van der Waals surface area contributed by atoms with Crippen molar-refractivity contribution in [2.24, 2.45) is 0 Å². The van der Waals surface area contributed by atoms with Gasteiger partial charge in [0.15, 0.2) is 11.6 Å². The molecule has 106 valence electrons. The van der Waals surface area contributed by atoms with Crippen LogP contribution in [0, 0.1) is 5.82 Å². The Hall–Kier alpha value is -1.39. The first kappa shape index (κ1) is 15.0. The minimum absolute atomic E-state index is 0.238. The van der Waals surface area contributed by atoms with Crippen molar-refractivity contribution in [3.63, 3.8) is 0 Å². The van der Waals surface area contributed by atoms with Gasteiger partial charge in [-0.2, -0.15) is 0 Å². The van der Waals surface area contributed by atoms with Gasteiger partial charge in [-0.05, 0) is 48.9 Å². The molecule has 0 amide bonds. The first-order chi connectivity index (χ1) is 9.69. The standard InChI is InChI=1S/C16H17BrFNO/c1-2-8-19-11-12-6-7-16(15(18)9-12)20-14-5-3-4-13(17)10-14/h3-7,9-10,19H,2,8,11H2,1H3. The van der Waals surface area contributed by atoms with Crippen molar-refractivity contribution >= 4 is 15.9 Å². The number of hydrogen-bond donors (Lipinski definition) is 1. The van der Waals surface area contributed by atoms with E-state index in [1.165, 1.54) is 6.07 Å². The van der Waals surface area contributed by atoms with Crippen LogP contribution in [0.25, 0.3) is 0 Å². The molecule has 0 aliphatic heterocycles. The van der Waals surface area contributed by atoms with E-state index in [1.54, 1.807) is 18.2 Å². The number of rotatable bonds is 6. The van der Waals surface area contributed by atoms with Crippen molar-refractivity contribution in [1.29, 1.82) is 0 Å². The summed E-state index contributed by atoms with van der Waals surface area (Å²) in [6, 6.07) is 12.4. The van der Waals surface area contributed by atoms with E-state index in [0.29, 0.717) is 12.3 Å². The van der Waals surface area contributed by atoms with E-state index < -0.39 is 0 Å². The lowest BCUT2D eigenvalue weighted by molar-refractivity contribution is 0.441. The normalized spacial score (nSPS) is 10.6. The highest BCUT2D eigenvalue weighted by Crippen LogP contribution is 2.27. The number of hydrogen-bond acceptors (Lipinski definition) is 2. The predicted molar refractivity (Wildman–Crippen MR) is 82.6 cm³/mol. The Morgan fingerprint density at radius 1 is 1.20 bits per heavy atom. The Labute approximate surface area is 127 Å². The molecule has 0 aliphatic rings. The zero-order valence-electron chi connectivity index (χ0n) is 11.3. The highest BCUT2D eigenvalue weighted by Gasteiger charge is 2.06. The fourth-order valence-corrected chi connectivity index (χ4v) is 2.18. The van der Waals surface area contributed by atoms with Gasteiger partial charge < -0.3 is 10.1 Å². The van der Waals surface area contributed by atoms with E-state index in [9.17, 15) is 4.39 Å². The van der Waals surface area contributed by atoms with Crippen molar-refractivity contribution < 1.29 is 9.13 Å². The van der Waals surface area contributed by atoms with Crippen LogP contribution >= 0.6 is 15.9 Å². The van der Waals surface area contributed by atoms with Crippen LogP contribution in [-0.2, 0) is 6.54 Å². The number of nitrogens with one attached hydrogen (secondary N) is 1. The SMILES string of the molecule is CCCNCc1ccc(Oc2cccc(Br)c2)c(F)c1. The third kappa shape index (κ3) is 4.32. The molecule has 0 spiro atoms. The Bertz CT molecular complexity index is 574. The maximum absolute atomic E-state index is 14.0. The van der Waals surface area contributed by atoms with Crippen molar-refractivity contribution in [1.82, 2.24) is 5.32 Å². The fraction of sp³-hybridized carbons (Fsp3) is 0.250. The zero-order valence-corrected chi connectivity index (χ0v) is 12.9. The zero-order chi connectivity index (χ0) is 14.4. The van der Waals surface area contributed by atoms with Crippen LogP contribution in [-0.4, -0.2) is 6.54 Å². The maximum atomic E-state index is 14.0. The second-order valence-electron chi connectivity index (χ2n) is 4.50. The van der Waals surface area contributed by atoms with E-state index >= 15 is 0 Å². The van der Waals surface area contributed by atoms with Crippen LogP contribution in [0.5, 0.6) is 11.5 Å². The van der Waals surface area contributed by atoms with E-state index in [-0.39, 0.29) is 11.6 Å². The second kappa shape index (κ2) is 7.41. The minimum atomic E-state index is -0.347. The summed E-state index contributed by atoms with van der Waals surface area (Å²) in [7, 11) is 0.